The molecule has 0 rings (SSSR count). The number of phosphoric ester groups is 1. The molecule has 0 saturated carbocycles. The minimum atomic E-state index is -4.65. The Morgan fingerprint density at radius 3 is 0.816 bits per heavy atom. The Bertz CT molecular complexity index is 2030. The molecule has 0 amide bonds. The van der Waals surface area contributed by atoms with Crippen molar-refractivity contribution < 1.29 is 42.1 Å². The zero-order valence-electron chi connectivity index (χ0n) is 65.0. The highest BCUT2D eigenvalue weighted by Crippen LogP contribution is 2.38. The number of phosphoric acid groups is 1. The fraction of sp³-hybridized carbons (Fsp3) is 0.773. The number of hydrogen-bond acceptors (Lipinski definition) is 8. The molecule has 2 atom stereocenters. The average molecular weight is 1390 g/mol. The number of likely N-dealkylation sites (N-methyl/N-ethyl adjacent to an activating group) is 1. The number of quaternary nitrogens is 1. The fourth-order valence-electron chi connectivity index (χ4n) is 12.0. The van der Waals surface area contributed by atoms with Crippen LogP contribution in [0, 0.1) is 0 Å². The molecule has 10 heteroatoms. The third-order valence-electron chi connectivity index (χ3n) is 18.3. The summed E-state index contributed by atoms with van der Waals surface area (Å²) >= 11 is 0. The molecule has 0 aliphatic carbocycles. The second kappa shape index (κ2) is 77.8. The minimum absolute atomic E-state index is 0.0304. The minimum Gasteiger partial charge on any atom is -0.756 e. The Kier molecular flexibility index (Phi) is 75.2. The predicted molar refractivity (Wildman–Crippen MR) is 425 cm³/mol. The van der Waals surface area contributed by atoms with E-state index in [1.807, 2.05) is 21.1 Å². The summed E-state index contributed by atoms with van der Waals surface area (Å²) in [6, 6.07) is 0. The van der Waals surface area contributed by atoms with E-state index >= 15 is 0 Å². The number of unbranched alkanes of at least 4 members (excludes halogenated alkanes) is 45. The average Bonchev–Trinajstić information content (AvgIpc) is 1.23. The highest BCUT2D eigenvalue weighted by molar-refractivity contribution is 7.45. The number of rotatable bonds is 77. The van der Waals surface area contributed by atoms with Crippen molar-refractivity contribution >= 4 is 19.8 Å². The van der Waals surface area contributed by atoms with Crippen LogP contribution in [-0.4, -0.2) is 70.0 Å². The van der Waals surface area contributed by atoms with E-state index in [2.05, 4.69) is 123 Å². The number of carbonyl (C=O) groups excluding carboxylic acids is 2. The zero-order chi connectivity index (χ0) is 71.1. The van der Waals surface area contributed by atoms with Crippen molar-refractivity contribution in [1.82, 2.24) is 0 Å². The molecular formula is C88H158NO8P. The van der Waals surface area contributed by atoms with Crippen LogP contribution in [-0.2, 0) is 32.7 Å². The summed E-state index contributed by atoms with van der Waals surface area (Å²) in [5.74, 6) is -0.814. The molecule has 9 nitrogen and oxygen atoms in total. The first-order chi connectivity index (χ1) is 48.0. The molecule has 2 unspecified atom stereocenters. The summed E-state index contributed by atoms with van der Waals surface area (Å²) in [6.45, 7) is 4.07. The van der Waals surface area contributed by atoms with Crippen LogP contribution < -0.4 is 4.89 Å². The van der Waals surface area contributed by atoms with Gasteiger partial charge in [0, 0.05) is 12.8 Å². The molecule has 0 radical (unpaired) electrons. The molecule has 0 saturated heterocycles. The molecule has 0 aromatic carbocycles. The molecule has 0 heterocycles. The van der Waals surface area contributed by atoms with Gasteiger partial charge >= 0.3 is 11.9 Å². The third kappa shape index (κ3) is 81.6. The molecule has 98 heavy (non-hydrogen) atoms. The van der Waals surface area contributed by atoms with E-state index < -0.39 is 26.5 Å². The van der Waals surface area contributed by atoms with Crippen LogP contribution in [0.2, 0.25) is 0 Å². The van der Waals surface area contributed by atoms with Gasteiger partial charge in [-0.3, -0.25) is 14.2 Å². The Labute approximate surface area is 607 Å². The predicted octanol–water partition coefficient (Wildman–Crippen LogP) is 27.3. The van der Waals surface area contributed by atoms with Crippen LogP contribution in [0.25, 0.3) is 0 Å². The maximum absolute atomic E-state index is 12.9. The van der Waals surface area contributed by atoms with E-state index in [0.29, 0.717) is 17.4 Å². The van der Waals surface area contributed by atoms with E-state index in [4.69, 9.17) is 18.5 Å². The Balaban J connectivity index is 3.90. The van der Waals surface area contributed by atoms with Crippen molar-refractivity contribution in [3.05, 3.63) is 109 Å². The van der Waals surface area contributed by atoms with Gasteiger partial charge in [0.15, 0.2) is 6.10 Å². The highest BCUT2D eigenvalue weighted by Gasteiger charge is 2.22. The van der Waals surface area contributed by atoms with E-state index in [9.17, 15) is 19.0 Å². The molecule has 0 spiro atoms. The molecule has 0 aliphatic rings. The maximum atomic E-state index is 12.9. The van der Waals surface area contributed by atoms with Crippen molar-refractivity contribution in [3.8, 4) is 0 Å². The Hall–Kier alpha value is -3.33. The second-order valence-electron chi connectivity index (χ2n) is 29.1. The van der Waals surface area contributed by atoms with Crippen LogP contribution in [0.15, 0.2) is 109 Å². The van der Waals surface area contributed by atoms with Gasteiger partial charge in [-0.05, 0) is 96.3 Å². The number of hydrogen-bond donors (Lipinski definition) is 0. The molecule has 0 aromatic rings. The van der Waals surface area contributed by atoms with Crippen molar-refractivity contribution in [1.29, 1.82) is 0 Å². The molecule has 568 valence electrons. The van der Waals surface area contributed by atoms with Gasteiger partial charge in [0.1, 0.15) is 19.8 Å². The second-order valence-corrected chi connectivity index (χ2v) is 30.5. The van der Waals surface area contributed by atoms with E-state index in [1.54, 1.807) is 0 Å². The smallest absolute Gasteiger partial charge is 0.306 e. The number of carbonyl (C=O) groups is 2. The van der Waals surface area contributed by atoms with Gasteiger partial charge < -0.3 is 27.9 Å². The quantitative estimate of drug-likeness (QED) is 0.0195. The van der Waals surface area contributed by atoms with Crippen molar-refractivity contribution in [2.75, 3.05) is 47.5 Å². The topological polar surface area (TPSA) is 111 Å². The van der Waals surface area contributed by atoms with Gasteiger partial charge in [-0.25, -0.2) is 0 Å². The first kappa shape index (κ1) is 94.7. The summed E-state index contributed by atoms with van der Waals surface area (Å²) in [5.41, 5.74) is 0. The van der Waals surface area contributed by atoms with Crippen molar-refractivity contribution in [2.24, 2.45) is 0 Å². The maximum Gasteiger partial charge on any atom is 0.306 e. The number of allylic oxidation sites excluding steroid dienone is 18. The third-order valence-corrected chi connectivity index (χ3v) is 19.3. The lowest BCUT2D eigenvalue weighted by molar-refractivity contribution is -0.870. The zero-order valence-corrected chi connectivity index (χ0v) is 65.9. The van der Waals surface area contributed by atoms with E-state index in [0.717, 1.165) is 89.9 Å². The van der Waals surface area contributed by atoms with Crippen molar-refractivity contribution in [2.45, 2.75) is 392 Å². The standard InChI is InChI=1S/C88H158NO8P/c1-6-8-10-12-14-16-18-20-22-24-26-28-30-32-34-36-38-40-42-43-44-45-47-49-51-53-55-57-59-61-63-65-67-69-71-73-75-77-79-81-88(91)97-86(85-96-98(92,93)95-83-82-89(3,4)5)84-94-87(90)80-78-76-74-72-70-68-66-64-62-60-58-56-54-52-50-48-46-41-39-37-35-33-31-29-27-25-23-21-19-17-15-13-11-9-7-2/h8-11,14-17,20-23,26-29,32,34,86H,6-7,12-13,18-19,24-25,30-31,33,35-85H2,1-5H3/b10-8-,11-9-,16-14-,17-15-,22-20-,23-21-,28-26-,29-27-,34-32-. The summed E-state index contributed by atoms with van der Waals surface area (Å²) < 4.78 is 34.5. The monoisotopic (exact) mass is 1390 g/mol. The summed E-state index contributed by atoms with van der Waals surface area (Å²) in [5, 5.41) is 0. The van der Waals surface area contributed by atoms with Crippen LogP contribution in [0.1, 0.15) is 386 Å². The SMILES string of the molecule is CC/C=C\C/C=C\C/C=C\C/C=C\C/C=C\CCCCCCCCCCCCCCCCCCCCCCCCCC(=O)OC(COC(=O)CCCCCCCCCCCCCCCCCCCCCCCC/C=C\C/C=C\C/C=C\C/C=C\CC)COP(=O)([O-])OCC[N+](C)(C)C. The summed E-state index contributed by atoms with van der Waals surface area (Å²) in [6.07, 6.45) is 111. The van der Waals surface area contributed by atoms with Gasteiger partial charge in [0.2, 0.25) is 0 Å². The first-order valence-corrected chi connectivity index (χ1v) is 43.1. The largest absolute Gasteiger partial charge is 0.756 e. The van der Waals surface area contributed by atoms with Gasteiger partial charge in [0.25, 0.3) is 7.82 Å². The fourth-order valence-corrected chi connectivity index (χ4v) is 12.8. The molecule has 0 bridgehead atoms. The van der Waals surface area contributed by atoms with Gasteiger partial charge in [0.05, 0.1) is 27.7 Å². The van der Waals surface area contributed by atoms with Crippen LogP contribution in [0.5, 0.6) is 0 Å². The van der Waals surface area contributed by atoms with Crippen LogP contribution >= 0.6 is 7.82 Å². The summed E-state index contributed by atoms with van der Waals surface area (Å²) in [4.78, 5) is 38.2. The number of esters is 2. The van der Waals surface area contributed by atoms with Crippen LogP contribution in [0.4, 0.5) is 0 Å². The van der Waals surface area contributed by atoms with Gasteiger partial charge in [-0.15, -0.1) is 0 Å². The molecule has 0 aliphatic heterocycles. The van der Waals surface area contributed by atoms with Crippen LogP contribution in [0.3, 0.4) is 0 Å². The summed E-state index contributed by atoms with van der Waals surface area (Å²) in [7, 11) is 1.18. The van der Waals surface area contributed by atoms with Gasteiger partial charge in [-0.2, -0.15) is 0 Å². The van der Waals surface area contributed by atoms with E-state index in [1.165, 1.54) is 263 Å². The lowest BCUT2D eigenvalue weighted by atomic mass is 10.0. The lowest BCUT2D eigenvalue weighted by Crippen LogP contribution is -2.37. The molecule has 0 fully saturated rings. The van der Waals surface area contributed by atoms with E-state index in [-0.39, 0.29) is 32.0 Å². The van der Waals surface area contributed by atoms with Gasteiger partial charge in [-0.1, -0.05) is 386 Å². The highest BCUT2D eigenvalue weighted by atomic mass is 31.2. The Morgan fingerprint density at radius 2 is 0.551 bits per heavy atom. The molecular weight excluding hydrogens is 1230 g/mol. The Morgan fingerprint density at radius 1 is 0.316 bits per heavy atom. The number of ether oxygens (including phenoxy) is 2. The van der Waals surface area contributed by atoms with Crippen molar-refractivity contribution in [3.63, 3.8) is 0 Å². The molecule has 0 aromatic heterocycles. The number of nitrogens with zero attached hydrogens (tertiary/aromatic N) is 1. The lowest BCUT2D eigenvalue weighted by Gasteiger charge is -2.28. The normalized spacial score (nSPS) is 13.6. The molecule has 0 N–H and O–H groups in total. The first-order valence-electron chi connectivity index (χ1n) is 41.6.